The van der Waals surface area contributed by atoms with Gasteiger partial charge in [0, 0.05) is 12.6 Å². The third-order valence-corrected chi connectivity index (χ3v) is 2.31. The van der Waals surface area contributed by atoms with Gasteiger partial charge in [0.1, 0.15) is 12.4 Å². The summed E-state index contributed by atoms with van der Waals surface area (Å²) in [6, 6.07) is 1.72. The highest BCUT2D eigenvalue weighted by molar-refractivity contribution is 5.91. The smallest absolute Gasteiger partial charge is 0.323 e. The molecule has 0 spiro atoms. The Morgan fingerprint density at radius 2 is 2.14 bits per heavy atom. The Balaban J connectivity index is 2.92. The first kappa shape index (κ1) is 16.1. The van der Waals surface area contributed by atoms with Gasteiger partial charge < -0.3 is 15.3 Å². The van der Waals surface area contributed by atoms with Crippen LogP contribution in [0.1, 0.15) is 0 Å². The zero-order chi connectivity index (χ0) is 16.0. The molecule has 2 N–H and O–H groups in total. The predicted molar refractivity (Wildman–Crippen MR) is 71.5 cm³/mol. The monoisotopic (exact) mass is 297 g/mol. The maximum absolute atomic E-state index is 13.2. The van der Waals surface area contributed by atoms with Crippen LogP contribution in [-0.4, -0.2) is 40.0 Å². The molecule has 1 aromatic rings. The molecule has 2 amide bonds. The number of carbonyl (C=O) groups excluding carboxylic acids is 1. The zero-order valence-electron chi connectivity index (χ0n) is 10.8. The Labute approximate surface area is 118 Å². The lowest BCUT2D eigenvalue weighted by atomic mass is 10.2. The Morgan fingerprint density at radius 1 is 1.48 bits per heavy atom. The minimum Gasteiger partial charge on any atom is -0.480 e. The fraction of sp³-hybridized carbons (Fsp3) is 0.167. The number of nitrogens with zero attached hydrogens (tertiary/aromatic N) is 2. The molecule has 0 radical (unpaired) electrons. The van der Waals surface area contributed by atoms with E-state index in [0.717, 1.165) is 17.0 Å². The Morgan fingerprint density at radius 3 is 2.67 bits per heavy atom. The number of halogens is 1. The summed E-state index contributed by atoms with van der Waals surface area (Å²) in [6.45, 7) is 2.75. The molecule has 0 saturated heterocycles. The van der Waals surface area contributed by atoms with Crippen molar-refractivity contribution in [2.75, 3.05) is 18.4 Å². The van der Waals surface area contributed by atoms with Gasteiger partial charge in [0.15, 0.2) is 0 Å². The highest BCUT2D eigenvalue weighted by atomic mass is 19.1. The number of hydrogen-bond acceptors (Lipinski definition) is 4. The van der Waals surface area contributed by atoms with E-state index in [-0.39, 0.29) is 12.2 Å². The average Bonchev–Trinajstić information content (AvgIpc) is 2.36. The van der Waals surface area contributed by atoms with E-state index in [2.05, 4.69) is 11.9 Å². The highest BCUT2D eigenvalue weighted by Crippen LogP contribution is 2.20. The summed E-state index contributed by atoms with van der Waals surface area (Å²) in [5, 5.41) is 21.5. The molecule has 0 aliphatic rings. The topological polar surface area (TPSA) is 113 Å². The molecule has 8 nitrogen and oxygen atoms in total. The summed E-state index contributed by atoms with van der Waals surface area (Å²) in [5.74, 6) is -2.13. The number of aliphatic carboxylic acids is 1. The van der Waals surface area contributed by atoms with Gasteiger partial charge in [0.05, 0.1) is 16.7 Å². The molecule has 112 valence electrons. The lowest BCUT2D eigenvalue weighted by Crippen LogP contribution is -2.38. The SMILES string of the molecule is C=CCN(CC(=O)O)C(=O)Nc1cc(F)cc([N+](=O)[O-])c1. The van der Waals surface area contributed by atoms with Crippen LogP contribution in [-0.2, 0) is 4.79 Å². The second kappa shape index (κ2) is 6.98. The number of carbonyl (C=O) groups is 2. The van der Waals surface area contributed by atoms with E-state index in [1.54, 1.807) is 0 Å². The summed E-state index contributed by atoms with van der Waals surface area (Å²) in [4.78, 5) is 33.2. The van der Waals surface area contributed by atoms with Gasteiger partial charge in [-0.1, -0.05) is 6.08 Å². The number of non-ortho nitro benzene ring substituents is 1. The maximum atomic E-state index is 13.2. The molecule has 0 atom stereocenters. The fourth-order valence-corrected chi connectivity index (χ4v) is 1.49. The molecule has 0 heterocycles. The second-order valence-corrected chi connectivity index (χ2v) is 3.95. The van der Waals surface area contributed by atoms with E-state index in [4.69, 9.17) is 5.11 Å². The number of urea groups is 1. The van der Waals surface area contributed by atoms with Crippen LogP contribution < -0.4 is 5.32 Å². The van der Waals surface area contributed by atoms with E-state index in [1.807, 2.05) is 0 Å². The number of hydrogen-bond donors (Lipinski definition) is 2. The molecule has 21 heavy (non-hydrogen) atoms. The minimum atomic E-state index is -1.24. The Kier molecular flexibility index (Phi) is 5.35. The van der Waals surface area contributed by atoms with Crippen molar-refractivity contribution in [2.45, 2.75) is 0 Å². The number of nitro groups is 1. The van der Waals surface area contributed by atoms with Crippen LogP contribution in [0.15, 0.2) is 30.9 Å². The fourth-order valence-electron chi connectivity index (χ4n) is 1.49. The molecule has 0 aromatic heterocycles. The van der Waals surface area contributed by atoms with Crippen LogP contribution >= 0.6 is 0 Å². The van der Waals surface area contributed by atoms with Crippen molar-refractivity contribution in [3.05, 3.63) is 46.8 Å². The van der Waals surface area contributed by atoms with Crippen molar-refractivity contribution in [3.8, 4) is 0 Å². The lowest BCUT2D eigenvalue weighted by Gasteiger charge is -2.19. The second-order valence-electron chi connectivity index (χ2n) is 3.95. The van der Waals surface area contributed by atoms with Crippen molar-refractivity contribution >= 4 is 23.4 Å². The van der Waals surface area contributed by atoms with Gasteiger partial charge in [-0.05, 0) is 6.07 Å². The number of nitrogens with one attached hydrogen (secondary N) is 1. The maximum Gasteiger partial charge on any atom is 0.323 e. The lowest BCUT2D eigenvalue weighted by molar-refractivity contribution is -0.385. The van der Waals surface area contributed by atoms with Crippen molar-refractivity contribution < 1.29 is 24.0 Å². The van der Waals surface area contributed by atoms with Gasteiger partial charge in [-0.25, -0.2) is 9.18 Å². The number of rotatable bonds is 6. The number of anilines is 1. The molecule has 0 aliphatic carbocycles. The van der Waals surface area contributed by atoms with E-state index in [9.17, 15) is 24.1 Å². The molecule has 0 aliphatic heterocycles. The number of amides is 2. The first-order valence-corrected chi connectivity index (χ1v) is 5.67. The average molecular weight is 297 g/mol. The molecular weight excluding hydrogens is 285 g/mol. The molecular formula is C12H12FN3O5. The Hall–Kier alpha value is -2.97. The molecule has 9 heteroatoms. The molecule has 1 aromatic carbocycles. The van der Waals surface area contributed by atoms with Crippen LogP contribution in [0.4, 0.5) is 20.6 Å². The number of carboxylic acids is 1. The summed E-state index contributed by atoms with van der Waals surface area (Å²) in [5.41, 5.74) is -0.676. The van der Waals surface area contributed by atoms with Crippen LogP contribution in [0.25, 0.3) is 0 Å². The first-order valence-electron chi connectivity index (χ1n) is 5.67. The largest absolute Gasteiger partial charge is 0.480 e. The van der Waals surface area contributed by atoms with Crippen molar-refractivity contribution in [1.29, 1.82) is 0 Å². The standard InChI is InChI=1S/C12H12FN3O5/c1-2-3-15(7-11(17)18)12(19)14-9-4-8(13)5-10(6-9)16(20)21/h2,4-6H,1,3,7H2,(H,14,19)(H,17,18). The highest BCUT2D eigenvalue weighted by Gasteiger charge is 2.17. The van der Waals surface area contributed by atoms with E-state index < -0.39 is 35.0 Å². The third-order valence-electron chi connectivity index (χ3n) is 2.31. The van der Waals surface area contributed by atoms with E-state index >= 15 is 0 Å². The third kappa shape index (κ3) is 4.90. The normalized spacial score (nSPS) is 9.76. The number of carboxylic acid groups (broad SMARTS) is 1. The summed E-state index contributed by atoms with van der Waals surface area (Å²) < 4.78 is 13.2. The van der Waals surface area contributed by atoms with Crippen molar-refractivity contribution in [3.63, 3.8) is 0 Å². The zero-order valence-corrected chi connectivity index (χ0v) is 10.8. The molecule has 1 rings (SSSR count). The summed E-state index contributed by atoms with van der Waals surface area (Å²) >= 11 is 0. The predicted octanol–water partition coefficient (Wildman–Crippen LogP) is 1.84. The van der Waals surface area contributed by atoms with E-state index in [0.29, 0.717) is 6.07 Å². The summed E-state index contributed by atoms with van der Waals surface area (Å²) in [6.07, 6.45) is 1.32. The molecule has 0 fully saturated rings. The quantitative estimate of drug-likeness (QED) is 0.472. The van der Waals surface area contributed by atoms with Crippen LogP contribution in [0.5, 0.6) is 0 Å². The van der Waals surface area contributed by atoms with Gasteiger partial charge >= 0.3 is 12.0 Å². The van der Waals surface area contributed by atoms with Crippen molar-refractivity contribution in [1.82, 2.24) is 4.90 Å². The number of nitro benzene ring substituents is 1. The minimum absolute atomic E-state index is 0.0461. The molecule has 0 bridgehead atoms. The molecule has 0 unspecified atom stereocenters. The van der Waals surface area contributed by atoms with E-state index in [1.165, 1.54) is 6.08 Å². The van der Waals surface area contributed by atoms with Gasteiger partial charge in [0.25, 0.3) is 5.69 Å². The van der Waals surface area contributed by atoms with Crippen LogP contribution in [0, 0.1) is 15.9 Å². The van der Waals surface area contributed by atoms with Gasteiger partial charge in [-0.15, -0.1) is 6.58 Å². The van der Waals surface area contributed by atoms with Gasteiger partial charge in [0.2, 0.25) is 0 Å². The van der Waals surface area contributed by atoms with Gasteiger partial charge in [-0.3, -0.25) is 14.9 Å². The summed E-state index contributed by atoms with van der Waals surface area (Å²) in [7, 11) is 0. The van der Waals surface area contributed by atoms with Crippen LogP contribution in [0.3, 0.4) is 0 Å². The van der Waals surface area contributed by atoms with Crippen LogP contribution in [0.2, 0.25) is 0 Å². The number of benzene rings is 1. The van der Waals surface area contributed by atoms with Gasteiger partial charge in [-0.2, -0.15) is 0 Å². The van der Waals surface area contributed by atoms with Crippen molar-refractivity contribution in [2.24, 2.45) is 0 Å². The Bertz CT molecular complexity index is 590. The molecule has 0 saturated carbocycles. The first-order chi connectivity index (χ1) is 9.83.